The van der Waals surface area contributed by atoms with Crippen molar-refractivity contribution in [2.24, 2.45) is 0 Å². The van der Waals surface area contributed by atoms with E-state index in [2.05, 4.69) is 35.8 Å². The van der Waals surface area contributed by atoms with Crippen molar-refractivity contribution in [2.75, 3.05) is 17.2 Å². The first-order chi connectivity index (χ1) is 10.2. The van der Waals surface area contributed by atoms with Gasteiger partial charge < -0.3 is 10.2 Å². The van der Waals surface area contributed by atoms with E-state index >= 15 is 0 Å². The molecule has 0 aromatic carbocycles. The Labute approximate surface area is 135 Å². The first-order valence-electron chi connectivity index (χ1n) is 8.33. The Morgan fingerprint density at radius 3 is 2.76 bits per heavy atom. The first-order valence-corrected chi connectivity index (χ1v) is 10.2. The highest BCUT2D eigenvalue weighted by atomic mass is 32.2. The van der Waals surface area contributed by atoms with Crippen LogP contribution in [0.25, 0.3) is 0 Å². The minimum Gasteiger partial charge on any atom is -0.343 e. The van der Waals surface area contributed by atoms with Gasteiger partial charge in [-0.25, -0.2) is 4.98 Å². The van der Waals surface area contributed by atoms with Gasteiger partial charge in [0.05, 0.1) is 5.69 Å². The molecule has 1 aliphatic heterocycles. The van der Waals surface area contributed by atoms with Crippen LogP contribution >= 0.6 is 23.1 Å². The first kappa shape index (κ1) is 14.3. The van der Waals surface area contributed by atoms with Crippen molar-refractivity contribution in [3.8, 4) is 0 Å². The van der Waals surface area contributed by atoms with E-state index in [4.69, 9.17) is 4.98 Å². The van der Waals surface area contributed by atoms with Gasteiger partial charge in [-0.3, -0.25) is 0 Å². The van der Waals surface area contributed by atoms with Gasteiger partial charge in [-0.05, 0) is 32.6 Å². The summed E-state index contributed by atoms with van der Waals surface area (Å²) in [6, 6.07) is 1.39. The lowest BCUT2D eigenvalue weighted by Crippen LogP contribution is -2.44. The lowest BCUT2D eigenvalue weighted by molar-refractivity contribution is 0.625. The van der Waals surface area contributed by atoms with Gasteiger partial charge >= 0.3 is 0 Å². The van der Waals surface area contributed by atoms with Crippen molar-refractivity contribution < 1.29 is 0 Å². The van der Waals surface area contributed by atoms with Crippen molar-refractivity contribution in [2.45, 2.75) is 69.3 Å². The number of thiazole rings is 1. The molecule has 4 rings (SSSR count). The number of rotatable bonds is 5. The molecule has 0 bridgehead atoms. The van der Waals surface area contributed by atoms with E-state index in [9.17, 15) is 0 Å². The van der Waals surface area contributed by atoms with Crippen LogP contribution in [0.3, 0.4) is 0 Å². The molecule has 2 aliphatic carbocycles. The maximum Gasteiger partial charge on any atom is 0.186 e. The molecule has 1 N–H and O–H groups in total. The second-order valence-electron chi connectivity index (χ2n) is 6.74. The van der Waals surface area contributed by atoms with Crippen molar-refractivity contribution in [3.05, 3.63) is 10.6 Å². The third-order valence-electron chi connectivity index (χ3n) is 4.94. The Hall–Kier alpha value is -0.260. The molecule has 2 unspecified atom stereocenters. The highest BCUT2D eigenvalue weighted by molar-refractivity contribution is 8.00. The molecule has 2 heterocycles. The molecule has 5 heteroatoms. The maximum absolute atomic E-state index is 5.07. The zero-order valence-electron chi connectivity index (χ0n) is 13.0. The summed E-state index contributed by atoms with van der Waals surface area (Å²) in [7, 11) is 0. The average molecular weight is 324 g/mol. The second-order valence-corrected chi connectivity index (χ2v) is 9.29. The highest BCUT2D eigenvalue weighted by Gasteiger charge is 2.33. The predicted octanol–water partition coefficient (Wildman–Crippen LogP) is 3.60. The summed E-state index contributed by atoms with van der Waals surface area (Å²) >= 11 is 4.05. The fraction of sp³-hybridized carbons (Fsp3) is 0.812. The fourth-order valence-electron chi connectivity index (χ4n) is 3.00. The summed E-state index contributed by atoms with van der Waals surface area (Å²) < 4.78 is 0. The molecule has 2 saturated carbocycles. The number of hydrogen-bond donors (Lipinski definition) is 1. The molecule has 3 fully saturated rings. The van der Waals surface area contributed by atoms with E-state index in [0.29, 0.717) is 11.3 Å². The molecule has 0 amide bonds. The molecule has 21 heavy (non-hydrogen) atoms. The van der Waals surface area contributed by atoms with E-state index in [1.807, 2.05) is 11.3 Å². The quantitative estimate of drug-likeness (QED) is 0.896. The van der Waals surface area contributed by atoms with Gasteiger partial charge in [0.25, 0.3) is 0 Å². The Kier molecular flexibility index (Phi) is 3.92. The summed E-state index contributed by atoms with van der Waals surface area (Å²) in [5.41, 5.74) is 1.42. The van der Waals surface area contributed by atoms with Gasteiger partial charge in [0.15, 0.2) is 5.13 Å². The van der Waals surface area contributed by atoms with E-state index in [1.165, 1.54) is 47.1 Å². The van der Waals surface area contributed by atoms with Crippen LogP contribution in [0.15, 0.2) is 0 Å². The van der Waals surface area contributed by atoms with Gasteiger partial charge in [0.1, 0.15) is 0 Å². The van der Waals surface area contributed by atoms with Gasteiger partial charge in [0, 0.05) is 47.0 Å². The molecule has 0 radical (unpaired) electrons. The van der Waals surface area contributed by atoms with Crippen LogP contribution < -0.4 is 10.2 Å². The lowest BCUT2D eigenvalue weighted by atomic mass is 10.2. The van der Waals surface area contributed by atoms with E-state index < -0.39 is 0 Å². The van der Waals surface area contributed by atoms with Crippen LogP contribution in [-0.2, 0) is 6.54 Å². The summed E-state index contributed by atoms with van der Waals surface area (Å²) in [6.45, 7) is 6.91. The summed E-state index contributed by atoms with van der Waals surface area (Å²) in [6.07, 6.45) is 5.42. The molecule has 1 aromatic rings. The number of nitrogens with one attached hydrogen (secondary N) is 1. The normalized spacial score (nSPS) is 29.9. The highest BCUT2D eigenvalue weighted by Crippen LogP contribution is 2.45. The molecule has 1 saturated heterocycles. The van der Waals surface area contributed by atoms with Crippen LogP contribution in [0.5, 0.6) is 0 Å². The van der Waals surface area contributed by atoms with Crippen molar-refractivity contribution in [1.82, 2.24) is 10.3 Å². The van der Waals surface area contributed by atoms with Crippen molar-refractivity contribution >= 4 is 28.2 Å². The third kappa shape index (κ3) is 3.10. The third-order valence-corrected chi connectivity index (χ3v) is 7.38. The molecule has 3 aliphatic rings. The number of aromatic nitrogens is 1. The summed E-state index contributed by atoms with van der Waals surface area (Å²) in [4.78, 5) is 9.14. The Morgan fingerprint density at radius 1 is 1.24 bits per heavy atom. The van der Waals surface area contributed by atoms with Gasteiger partial charge in [-0.2, -0.15) is 11.8 Å². The smallest absolute Gasteiger partial charge is 0.186 e. The van der Waals surface area contributed by atoms with Crippen LogP contribution in [0.1, 0.15) is 56.0 Å². The van der Waals surface area contributed by atoms with Crippen LogP contribution in [-0.4, -0.2) is 34.6 Å². The predicted molar refractivity (Wildman–Crippen MR) is 92.7 cm³/mol. The zero-order valence-corrected chi connectivity index (χ0v) is 14.6. The lowest BCUT2D eigenvalue weighted by Gasteiger charge is -2.37. The molecule has 3 nitrogen and oxygen atoms in total. The van der Waals surface area contributed by atoms with Gasteiger partial charge in [-0.15, -0.1) is 11.3 Å². The molecular formula is C16H25N3S2. The van der Waals surface area contributed by atoms with Crippen molar-refractivity contribution in [3.63, 3.8) is 0 Å². The average Bonchev–Trinajstić information content (AvgIpc) is 3.39. The fourth-order valence-corrected chi connectivity index (χ4v) is 5.31. The largest absolute Gasteiger partial charge is 0.343 e. The van der Waals surface area contributed by atoms with Crippen LogP contribution in [0.4, 0.5) is 5.13 Å². The van der Waals surface area contributed by atoms with E-state index in [1.54, 1.807) is 0 Å². The molecule has 116 valence electrons. The van der Waals surface area contributed by atoms with Gasteiger partial charge in [-0.1, -0.05) is 6.92 Å². The standard InChI is InChI=1S/C16H25N3S2/c1-10-11(2)20-8-7-19(10)16-18-15(12-3-4-12)14(21-16)9-17-13-5-6-13/h10-13,17H,3-9H2,1-2H3. The molecule has 1 aromatic heterocycles. The van der Waals surface area contributed by atoms with Crippen LogP contribution in [0, 0.1) is 0 Å². The molecule has 2 atom stereocenters. The maximum atomic E-state index is 5.07. The van der Waals surface area contributed by atoms with E-state index in [0.717, 1.165) is 25.0 Å². The number of anilines is 1. The Morgan fingerprint density at radius 2 is 2.05 bits per heavy atom. The second kappa shape index (κ2) is 5.74. The number of thioether (sulfide) groups is 1. The number of hydrogen-bond acceptors (Lipinski definition) is 5. The topological polar surface area (TPSA) is 28.2 Å². The minimum atomic E-state index is 0.603. The van der Waals surface area contributed by atoms with Crippen molar-refractivity contribution in [1.29, 1.82) is 0 Å². The minimum absolute atomic E-state index is 0.603. The molecule has 0 spiro atoms. The Bertz CT molecular complexity index is 508. The van der Waals surface area contributed by atoms with Gasteiger partial charge in [0.2, 0.25) is 0 Å². The Balaban J connectivity index is 1.54. The van der Waals surface area contributed by atoms with Crippen LogP contribution in [0.2, 0.25) is 0 Å². The molecular weight excluding hydrogens is 298 g/mol. The summed E-state index contributed by atoms with van der Waals surface area (Å²) in [5, 5.41) is 5.67. The monoisotopic (exact) mass is 323 g/mol. The zero-order chi connectivity index (χ0) is 14.4. The number of nitrogens with zero attached hydrogens (tertiary/aromatic N) is 2. The van der Waals surface area contributed by atoms with E-state index in [-0.39, 0.29) is 0 Å². The SMILES string of the molecule is CC1SCCN(c2nc(C3CC3)c(CNC3CC3)s2)C1C. The summed E-state index contributed by atoms with van der Waals surface area (Å²) in [5.74, 6) is 2.00.